The maximum Gasteiger partial charge on any atom is 0.191 e. The molecule has 2 saturated carbocycles. The number of rotatable bonds is 4. The quantitative estimate of drug-likeness (QED) is 0.603. The summed E-state index contributed by atoms with van der Waals surface area (Å²) in [5.41, 5.74) is 0.476. The fourth-order valence-corrected chi connectivity index (χ4v) is 2.87. The molecule has 2 N–H and O–H groups in total. The molecule has 0 radical (unpaired) electrons. The van der Waals surface area contributed by atoms with Crippen LogP contribution in [0.1, 0.15) is 46.5 Å². The molecule has 2 aliphatic rings. The molecule has 19 heavy (non-hydrogen) atoms. The predicted octanol–water partition coefficient (Wildman–Crippen LogP) is 2.28. The fourth-order valence-electron chi connectivity index (χ4n) is 2.87. The number of nitriles is 1. The summed E-state index contributed by atoms with van der Waals surface area (Å²) in [6.45, 7) is 8.44. The summed E-state index contributed by atoms with van der Waals surface area (Å²) in [5, 5.41) is 15.9. The highest BCUT2D eigenvalue weighted by Gasteiger charge is 2.45. The van der Waals surface area contributed by atoms with Gasteiger partial charge in [0.25, 0.3) is 0 Å². The Balaban J connectivity index is 1.88. The highest BCUT2D eigenvalue weighted by atomic mass is 15.2. The van der Waals surface area contributed by atoms with Gasteiger partial charge < -0.3 is 10.6 Å². The van der Waals surface area contributed by atoms with E-state index in [4.69, 9.17) is 5.26 Å². The second-order valence-electron chi connectivity index (χ2n) is 6.53. The molecule has 3 unspecified atom stereocenters. The minimum atomic E-state index is 0.140. The van der Waals surface area contributed by atoms with E-state index >= 15 is 0 Å². The summed E-state index contributed by atoms with van der Waals surface area (Å²) in [5.74, 6) is 1.75. The van der Waals surface area contributed by atoms with Crippen molar-refractivity contribution in [2.75, 3.05) is 13.1 Å². The van der Waals surface area contributed by atoms with Gasteiger partial charge in [-0.3, -0.25) is 4.99 Å². The van der Waals surface area contributed by atoms with E-state index in [-0.39, 0.29) is 12.0 Å². The van der Waals surface area contributed by atoms with Crippen LogP contribution < -0.4 is 10.6 Å². The molecule has 0 aromatic rings. The standard InChI is InChI=1S/C15H26N4/c1-4-17-14(18-10-12-8-15(12,2)3)19-13-7-5-6-11(13)9-16/h11-13H,4-8,10H2,1-3H3,(H2,17,18,19). The van der Waals surface area contributed by atoms with Gasteiger partial charge in [0.1, 0.15) is 0 Å². The van der Waals surface area contributed by atoms with Crippen LogP contribution in [-0.4, -0.2) is 25.1 Å². The van der Waals surface area contributed by atoms with E-state index in [1.165, 1.54) is 6.42 Å². The molecule has 2 fully saturated rings. The van der Waals surface area contributed by atoms with Gasteiger partial charge in [0.2, 0.25) is 0 Å². The lowest BCUT2D eigenvalue weighted by atomic mass is 10.1. The molecule has 0 bridgehead atoms. The number of nitrogens with zero attached hydrogens (tertiary/aromatic N) is 2. The van der Waals surface area contributed by atoms with Gasteiger partial charge in [-0.2, -0.15) is 5.26 Å². The Morgan fingerprint density at radius 1 is 1.42 bits per heavy atom. The van der Waals surface area contributed by atoms with E-state index in [0.717, 1.165) is 44.2 Å². The largest absolute Gasteiger partial charge is 0.357 e. The third kappa shape index (κ3) is 3.62. The van der Waals surface area contributed by atoms with Crippen LogP contribution in [0.15, 0.2) is 4.99 Å². The summed E-state index contributed by atoms with van der Waals surface area (Å²) in [6.07, 6.45) is 4.52. The molecule has 0 heterocycles. The summed E-state index contributed by atoms with van der Waals surface area (Å²) >= 11 is 0. The predicted molar refractivity (Wildman–Crippen MR) is 77.7 cm³/mol. The van der Waals surface area contributed by atoms with Crippen LogP contribution in [0.2, 0.25) is 0 Å². The SMILES string of the molecule is CCNC(=NCC1CC1(C)C)NC1CCCC1C#N. The van der Waals surface area contributed by atoms with Gasteiger partial charge in [-0.15, -0.1) is 0 Å². The Hall–Kier alpha value is -1.24. The summed E-state index contributed by atoms with van der Waals surface area (Å²) in [7, 11) is 0. The van der Waals surface area contributed by atoms with Crippen LogP contribution in [0.5, 0.6) is 0 Å². The average molecular weight is 262 g/mol. The second-order valence-corrected chi connectivity index (χ2v) is 6.53. The van der Waals surface area contributed by atoms with Crippen LogP contribution >= 0.6 is 0 Å². The lowest BCUT2D eigenvalue weighted by Gasteiger charge is -2.19. The molecule has 0 aliphatic heterocycles. The van der Waals surface area contributed by atoms with E-state index in [1.54, 1.807) is 0 Å². The maximum atomic E-state index is 9.13. The Morgan fingerprint density at radius 3 is 2.74 bits per heavy atom. The molecule has 2 rings (SSSR count). The van der Waals surface area contributed by atoms with Crippen LogP contribution in [0.4, 0.5) is 0 Å². The van der Waals surface area contributed by atoms with E-state index in [2.05, 4.69) is 42.5 Å². The Morgan fingerprint density at radius 2 is 2.16 bits per heavy atom. The molecule has 0 aromatic heterocycles. The molecular formula is C15H26N4. The van der Waals surface area contributed by atoms with Crippen molar-refractivity contribution in [1.82, 2.24) is 10.6 Å². The molecule has 0 spiro atoms. The molecule has 0 saturated heterocycles. The van der Waals surface area contributed by atoms with Crippen molar-refractivity contribution in [2.24, 2.45) is 22.2 Å². The van der Waals surface area contributed by atoms with E-state index in [9.17, 15) is 0 Å². The van der Waals surface area contributed by atoms with Crippen LogP contribution in [-0.2, 0) is 0 Å². The highest BCUT2D eigenvalue weighted by Crippen LogP contribution is 2.51. The topological polar surface area (TPSA) is 60.2 Å². The van der Waals surface area contributed by atoms with Gasteiger partial charge in [0, 0.05) is 19.1 Å². The first kappa shape index (κ1) is 14.2. The van der Waals surface area contributed by atoms with Gasteiger partial charge in [-0.1, -0.05) is 13.8 Å². The zero-order chi connectivity index (χ0) is 13.9. The van der Waals surface area contributed by atoms with Gasteiger partial charge in [0.15, 0.2) is 5.96 Å². The first-order chi connectivity index (χ1) is 9.06. The minimum Gasteiger partial charge on any atom is -0.357 e. The Bertz CT molecular complexity index is 380. The lowest BCUT2D eigenvalue weighted by molar-refractivity contribution is 0.528. The monoisotopic (exact) mass is 262 g/mol. The first-order valence-corrected chi connectivity index (χ1v) is 7.51. The van der Waals surface area contributed by atoms with E-state index in [0.29, 0.717) is 5.41 Å². The molecule has 106 valence electrons. The third-order valence-electron chi connectivity index (χ3n) is 4.54. The highest BCUT2D eigenvalue weighted by molar-refractivity contribution is 5.80. The number of aliphatic imine (C=N–C) groups is 1. The van der Waals surface area contributed by atoms with Gasteiger partial charge in [-0.25, -0.2) is 0 Å². The van der Waals surface area contributed by atoms with Gasteiger partial charge in [-0.05, 0) is 43.9 Å². The van der Waals surface area contributed by atoms with Crippen molar-refractivity contribution in [3.8, 4) is 6.07 Å². The number of nitrogens with one attached hydrogen (secondary N) is 2. The van der Waals surface area contributed by atoms with Gasteiger partial charge in [0.05, 0.1) is 12.0 Å². The number of hydrogen-bond donors (Lipinski definition) is 2. The minimum absolute atomic E-state index is 0.140. The first-order valence-electron chi connectivity index (χ1n) is 7.51. The fraction of sp³-hybridized carbons (Fsp3) is 0.867. The molecule has 2 aliphatic carbocycles. The number of hydrogen-bond acceptors (Lipinski definition) is 2. The van der Waals surface area contributed by atoms with E-state index < -0.39 is 0 Å². The average Bonchev–Trinajstić information content (AvgIpc) is 2.78. The zero-order valence-electron chi connectivity index (χ0n) is 12.4. The molecule has 3 atom stereocenters. The lowest BCUT2D eigenvalue weighted by Crippen LogP contribution is -2.44. The Labute approximate surface area is 116 Å². The Kier molecular flexibility index (Phi) is 4.34. The van der Waals surface area contributed by atoms with E-state index in [1.807, 2.05) is 0 Å². The van der Waals surface area contributed by atoms with Crippen LogP contribution in [0, 0.1) is 28.6 Å². The zero-order valence-corrected chi connectivity index (χ0v) is 12.4. The van der Waals surface area contributed by atoms with Crippen molar-refractivity contribution in [1.29, 1.82) is 5.26 Å². The van der Waals surface area contributed by atoms with Gasteiger partial charge >= 0.3 is 0 Å². The smallest absolute Gasteiger partial charge is 0.191 e. The van der Waals surface area contributed by atoms with Crippen molar-refractivity contribution in [3.63, 3.8) is 0 Å². The van der Waals surface area contributed by atoms with Crippen molar-refractivity contribution in [2.45, 2.75) is 52.5 Å². The summed E-state index contributed by atoms with van der Waals surface area (Å²) in [6, 6.07) is 2.68. The van der Waals surface area contributed by atoms with Crippen LogP contribution in [0.3, 0.4) is 0 Å². The van der Waals surface area contributed by atoms with Crippen molar-refractivity contribution < 1.29 is 0 Å². The number of guanidine groups is 1. The van der Waals surface area contributed by atoms with Crippen LogP contribution in [0.25, 0.3) is 0 Å². The summed E-state index contributed by atoms with van der Waals surface area (Å²) in [4.78, 5) is 4.69. The molecule has 4 nitrogen and oxygen atoms in total. The van der Waals surface area contributed by atoms with Crippen molar-refractivity contribution >= 4 is 5.96 Å². The molecule has 0 amide bonds. The maximum absolute atomic E-state index is 9.13. The van der Waals surface area contributed by atoms with Crippen molar-refractivity contribution in [3.05, 3.63) is 0 Å². The molecule has 4 heteroatoms. The second kappa shape index (κ2) is 5.81. The normalized spacial score (nSPS) is 32.7. The molecular weight excluding hydrogens is 236 g/mol. The third-order valence-corrected chi connectivity index (χ3v) is 4.54. The summed E-state index contributed by atoms with van der Waals surface area (Å²) < 4.78 is 0. The molecule has 0 aromatic carbocycles.